The Morgan fingerprint density at radius 3 is 1.12 bits per heavy atom. The maximum atomic E-state index is 12.6. The molecule has 0 rings (SSSR count). The molecule has 1 atom stereocenters. The number of unbranched alkanes of at least 4 members (excludes halogenated alkanes) is 29. The lowest BCUT2D eigenvalue weighted by Gasteiger charge is -2.18. The summed E-state index contributed by atoms with van der Waals surface area (Å²) in [7, 11) is 0. The van der Waals surface area contributed by atoms with Crippen molar-refractivity contribution in [1.82, 2.24) is 0 Å². The Hall–Kier alpha value is -2.14. The van der Waals surface area contributed by atoms with Crippen LogP contribution in [0.2, 0.25) is 0 Å². The highest BCUT2D eigenvalue weighted by Crippen LogP contribution is 2.15. The van der Waals surface area contributed by atoms with E-state index in [9.17, 15) is 9.59 Å². The van der Waals surface area contributed by atoms with Gasteiger partial charge in [0.1, 0.15) is 19.3 Å². The molecule has 350 valence electrons. The summed E-state index contributed by atoms with van der Waals surface area (Å²) in [6.45, 7) is 7.65. The van der Waals surface area contributed by atoms with Crippen LogP contribution in [0.25, 0.3) is 0 Å². The molecule has 0 aliphatic heterocycles. The van der Waals surface area contributed by atoms with Crippen LogP contribution in [0.3, 0.4) is 0 Å². The minimum atomic E-state index is -0.420. The van der Waals surface area contributed by atoms with Gasteiger partial charge >= 0.3 is 11.9 Å². The van der Waals surface area contributed by atoms with Crippen LogP contribution < -0.4 is 0 Å². The van der Waals surface area contributed by atoms with Crippen LogP contribution in [-0.4, -0.2) is 37.9 Å². The van der Waals surface area contributed by atoms with Crippen LogP contribution in [0.1, 0.15) is 265 Å². The number of carbonyl (C=O) groups is 2. The van der Waals surface area contributed by atoms with Crippen LogP contribution in [0.15, 0.2) is 48.6 Å². The van der Waals surface area contributed by atoms with Crippen molar-refractivity contribution in [3.8, 4) is 0 Å². The SMILES string of the molecule is CCCC/C=C\CCCCCCCC(=O)OC[C@@H](COC(=O)CCC/C=C\C/C=C\C/C=C\CCCCCCCC)OCCCCCCCCCCCCCCCCCC. The van der Waals surface area contributed by atoms with Gasteiger partial charge in [0.05, 0.1) is 0 Å². The van der Waals surface area contributed by atoms with Crippen LogP contribution >= 0.6 is 0 Å². The third-order valence-corrected chi connectivity index (χ3v) is 11.4. The fourth-order valence-electron chi connectivity index (χ4n) is 7.36. The fraction of sp³-hybridized carbons (Fsp3) is 0.818. The zero-order chi connectivity index (χ0) is 43.5. The molecule has 5 heteroatoms. The summed E-state index contributed by atoms with van der Waals surface area (Å²) in [5, 5.41) is 0. The minimum absolute atomic E-state index is 0.131. The summed E-state index contributed by atoms with van der Waals surface area (Å²) in [6.07, 6.45) is 62.9. The highest BCUT2D eigenvalue weighted by atomic mass is 16.6. The van der Waals surface area contributed by atoms with Gasteiger partial charge < -0.3 is 14.2 Å². The van der Waals surface area contributed by atoms with Gasteiger partial charge in [-0.1, -0.05) is 230 Å². The Morgan fingerprint density at radius 1 is 0.350 bits per heavy atom. The summed E-state index contributed by atoms with van der Waals surface area (Å²) in [4.78, 5) is 25.1. The molecular formula is C55H100O5. The van der Waals surface area contributed by atoms with Crippen molar-refractivity contribution in [2.45, 2.75) is 271 Å². The molecule has 0 heterocycles. The molecule has 0 aliphatic rings. The van der Waals surface area contributed by atoms with E-state index in [1.54, 1.807) is 0 Å². The van der Waals surface area contributed by atoms with E-state index in [-0.39, 0.29) is 25.2 Å². The fourth-order valence-corrected chi connectivity index (χ4v) is 7.36. The maximum Gasteiger partial charge on any atom is 0.305 e. The normalized spacial score (nSPS) is 12.5. The summed E-state index contributed by atoms with van der Waals surface area (Å²) >= 11 is 0. The van der Waals surface area contributed by atoms with Gasteiger partial charge in [-0.05, 0) is 70.6 Å². The molecule has 0 saturated heterocycles. The molecule has 0 aromatic rings. The standard InChI is InChI=1S/C55H100O5/c1-4-7-10-13-16-19-22-24-26-28-29-31-34-37-40-43-46-49-55(57)60-52-53(51-59-54(56)48-45-42-39-36-33-21-18-15-12-9-6-3)58-50-47-44-41-38-35-32-30-27-25-23-20-17-14-11-8-5-2/h15,18,24,26,29,31,37,40,53H,4-14,16-17,19-23,25,27-28,30,32-36,38-39,41-52H2,1-3H3/b18-15-,26-24-,31-29-,40-37-/t53-/m0/s1. The van der Waals surface area contributed by atoms with Crippen LogP contribution in [0, 0.1) is 0 Å². The third-order valence-electron chi connectivity index (χ3n) is 11.4. The monoisotopic (exact) mass is 841 g/mol. The van der Waals surface area contributed by atoms with Gasteiger partial charge in [0.15, 0.2) is 0 Å². The van der Waals surface area contributed by atoms with E-state index < -0.39 is 6.10 Å². The minimum Gasteiger partial charge on any atom is -0.463 e. The molecule has 0 radical (unpaired) electrons. The van der Waals surface area contributed by atoms with Crippen molar-refractivity contribution in [2.24, 2.45) is 0 Å². The molecule has 0 bridgehead atoms. The van der Waals surface area contributed by atoms with E-state index in [0.717, 1.165) is 64.2 Å². The largest absolute Gasteiger partial charge is 0.463 e. The van der Waals surface area contributed by atoms with Crippen molar-refractivity contribution in [3.05, 3.63) is 48.6 Å². The lowest BCUT2D eigenvalue weighted by atomic mass is 10.0. The number of hydrogen-bond donors (Lipinski definition) is 0. The predicted octanol–water partition coefficient (Wildman–Crippen LogP) is 17.6. The van der Waals surface area contributed by atoms with E-state index in [1.807, 2.05) is 0 Å². The molecule has 0 unspecified atom stereocenters. The first-order valence-electron chi connectivity index (χ1n) is 26.2. The Morgan fingerprint density at radius 2 is 0.667 bits per heavy atom. The summed E-state index contributed by atoms with van der Waals surface area (Å²) in [5.74, 6) is -0.396. The Bertz CT molecular complexity index is 997. The van der Waals surface area contributed by atoms with Gasteiger partial charge in [-0.2, -0.15) is 0 Å². The zero-order valence-electron chi connectivity index (χ0n) is 40.2. The van der Waals surface area contributed by atoms with E-state index in [0.29, 0.717) is 19.4 Å². The van der Waals surface area contributed by atoms with Crippen molar-refractivity contribution in [2.75, 3.05) is 19.8 Å². The number of rotatable bonds is 48. The highest BCUT2D eigenvalue weighted by Gasteiger charge is 2.16. The van der Waals surface area contributed by atoms with Crippen LogP contribution in [-0.2, 0) is 23.8 Å². The van der Waals surface area contributed by atoms with E-state index >= 15 is 0 Å². The van der Waals surface area contributed by atoms with E-state index in [2.05, 4.69) is 69.4 Å². The second-order valence-corrected chi connectivity index (χ2v) is 17.4. The number of esters is 2. The maximum absolute atomic E-state index is 12.6. The Labute approximate surface area is 373 Å². The molecule has 0 N–H and O–H groups in total. The lowest BCUT2D eigenvalue weighted by Crippen LogP contribution is -2.29. The number of hydrogen-bond acceptors (Lipinski definition) is 5. The zero-order valence-corrected chi connectivity index (χ0v) is 40.2. The van der Waals surface area contributed by atoms with Crippen molar-refractivity contribution in [3.63, 3.8) is 0 Å². The number of allylic oxidation sites excluding steroid dienone is 8. The molecule has 5 nitrogen and oxygen atoms in total. The lowest BCUT2D eigenvalue weighted by molar-refractivity contribution is -0.155. The molecule has 0 saturated carbocycles. The van der Waals surface area contributed by atoms with Gasteiger partial charge in [-0.3, -0.25) is 9.59 Å². The summed E-state index contributed by atoms with van der Waals surface area (Å²) < 4.78 is 17.4. The molecule has 0 amide bonds. The topological polar surface area (TPSA) is 61.8 Å². The molecule has 0 fully saturated rings. The van der Waals surface area contributed by atoms with E-state index in [1.165, 1.54) is 167 Å². The molecule has 0 spiro atoms. The quantitative estimate of drug-likeness (QED) is 0.0347. The third kappa shape index (κ3) is 48.5. The predicted molar refractivity (Wildman–Crippen MR) is 261 cm³/mol. The molecule has 0 aromatic carbocycles. The number of carbonyl (C=O) groups excluding carboxylic acids is 2. The van der Waals surface area contributed by atoms with Gasteiger partial charge in [0, 0.05) is 19.4 Å². The molecular weight excluding hydrogens is 741 g/mol. The van der Waals surface area contributed by atoms with Crippen LogP contribution in [0.5, 0.6) is 0 Å². The van der Waals surface area contributed by atoms with Gasteiger partial charge in [-0.15, -0.1) is 0 Å². The average Bonchev–Trinajstić information content (AvgIpc) is 3.25. The van der Waals surface area contributed by atoms with Crippen molar-refractivity contribution < 1.29 is 23.8 Å². The Balaban J connectivity index is 4.30. The highest BCUT2D eigenvalue weighted by molar-refractivity contribution is 5.69. The van der Waals surface area contributed by atoms with E-state index in [4.69, 9.17) is 14.2 Å². The summed E-state index contributed by atoms with van der Waals surface area (Å²) in [5.41, 5.74) is 0. The van der Waals surface area contributed by atoms with Crippen molar-refractivity contribution >= 4 is 11.9 Å². The van der Waals surface area contributed by atoms with Crippen molar-refractivity contribution in [1.29, 1.82) is 0 Å². The first kappa shape index (κ1) is 57.9. The first-order chi connectivity index (χ1) is 29.6. The molecule has 0 aliphatic carbocycles. The second-order valence-electron chi connectivity index (χ2n) is 17.4. The Kier molecular flexibility index (Phi) is 49.4. The second kappa shape index (κ2) is 51.2. The van der Waals surface area contributed by atoms with Gasteiger partial charge in [0.25, 0.3) is 0 Å². The summed E-state index contributed by atoms with van der Waals surface area (Å²) in [6, 6.07) is 0. The molecule has 60 heavy (non-hydrogen) atoms. The average molecular weight is 841 g/mol. The van der Waals surface area contributed by atoms with Crippen LogP contribution in [0.4, 0.5) is 0 Å². The first-order valence-corrected chi connectivity index (χ1v) is 26.2. The molecule has 0 aromatic heterocycles. The van der Waals surface area contributed by atoms with Gasteiger partial charge in [0.2, 0.25) is 0 Å². The number of ether oxygens (including phenoxy) is 3. The smallest absolute Gasteiger partial charge is 0.305 e. The van der Waals surface area contributed by atoms with Gasteiger partial charge in [-0.25, -0.2) is 0 Å².